The van der Waals surface area contributed by atoms with E-state index in [9.17, 15) is 0 Å². The molecule has 3 heterocycles. The van der Waals surface area contributed by atoms with Crippen LogP contribution in [-0.4, -0.2) is 25.3 Å². The summed E-state index contributed by atoms with van der Waals surface area (Å²) in [4.78, 5) is 8.61. The lowest BCUT2D eigenvalue weighted by atomic mass is 10.3. The summed E-state index contributed by atoms with van der Waals surface area (Å²) in [7, 11) is 0. The lowest BCUT2D eigenvalue weighted by Crippen LogP contribution is -1.91. The van der Waals surface area contributed by atoms with Crippen molar-refractivity contribution in [2.24, 2.45) is 0 Å². The smallest absolute Gasteiger partial charge is 0.276 e. The minimum atomic E-state index is 0.376. The van der Waals surface area contributed by atoms with Crippen LogP contribution >= 0.6 is 11.3 Å². The molecule has 0 atom stereocenters. The number of hydrogen-bond acceptors (Lipinski definition) is 7. The van der Waals surface area contributed by atoms with Gasteiger partial charge in [0.1, 0.15) is 11.5 Å². The summed E-state index contributed by atoms with van der Waals surface area (Å²) >= 11 is 1.60. The first-order valence-electron chi connectivity index (χ1n) is 5.25. The van der Waals surface area contributed by atoms with E-state index in [1.54, 1.807) is 17.4 Å². The van der Waals surface area contributed by atoms with E-state index in [1.807, 2.05) is 12.3 Å². The normalized spacial score (nSPS) is 10.9. The average Bonchev–Trinajstić information content (AvgIpc) is 3.01. The Kier molecular flexibility index (Phi) is 2.56. The van der Waals surface area contributed by atoms with Crippen LogP contribution in [0.2, 0.25) is 0 Å². The molecule has 0 aromatic carbocycles. The summed E-state index contributed by atoms with van der Waals surface area (Å²) < 4.78 is 5.13. The second-order valence-corrected chi connectivity index (χ2v) is 4.82. The van der Waals surface area contributed by atoms with E-state index in [1.165, 1.54) is 0 Å². The highest BCUT2D eigenvalue weighted by molar-refractivity contribution is 7.09. The molecule has 0 radical (unpaired) electrons. The molecule has 7 nitrogen and oxygen atoms in total. The van der Waals surface area contributed by atoms with E-state index in [0.29, 0.717) is 29.6 Å². The summed E-state index contributed by atoms with van der Waals surface area (Å²) in [6, 6.07) is 1.64. The summed E-state index contributed by atoms with van der Waals surface area (Å²) in [5.74, 6) is 1.35. The van der Waals surface area contributed by atoms with Gasteiger partial charge in [0.15, 0.2) is 5.82 Å². The molecule has 0 saturated carbocycles. The molecule has 0 bridgehead atoms. The molecule has 0 aliphatic rings. The Balaban J connectivity index is 1.81. The van der Waals surface area contributed by atoms with Gasteiger partial charge in [-0.05, 0) is 6.92 Å². The van der Waals surface area contributed by atoms with Crippen LogP contribution < -0.4 is 5.73 Å². The maximum Gasteiger partial charge on any atom is 0.276 e. The number of H-pyrrole nitrogens is 1. The Labute approximate surface area is 106 Å². The van der Waals surface area contributed by atoms with Crippen LogP contribution in [0.5, 0.6) is 0 Å². The number of nitrogens with zero attached hydrogens (tertiary/aromatic N) is 4. The molecule has 0 unspecified atom stereocenters. The van der Waals surface area contributed by atoms with Gasteiger partial charge in [-0.3, -0.25) is 5.10 Å². The SMILES string of the molecule is Cc1nc(Cc2noc(-c3cc(N)n[nH]3)n2)cs1. The Bertz CT molecular complexity index is 669. The maximum absolute atomic E-state index is 5.51. The lowest BCUT2D eigenvalue weighted by molar-refractivity contribution is 0.422. The highest BCUT2D eigenvalue weighted by Crippen LogP contribution is 2.17. The van der Waals surface area contributed by atoms with Gasteiger partial charge in [-0.15, -0.1) is 11.3 Å². The lowest BCUT2D eigenvalue weighted by Gasteiger charge is -1.87. The first-order valence-corrected chi connectivity index (χ1v) is 6.13. The zero-order valence-electron chi connectivity index (χ0n) is 9.54. The molecule has 0 spiro atoms. The minimum Gasteiger partial charge on any atom is -0.382 e. The molecule has 3 rings (SSSR count). The molecule has 0 saturated heterocycles. The fourth-order valence-corrected chi connectivity index (χ4v) is 2.15. The summed E-state index contributed by atoms with van der Waals surface area (Å²) in [5, 5.41) is 13.4. The zero-order chi connectivity index (χ0) is 12.5. The average molecular weight is 262 g/mol. The van der Waals surface area contributed by atoms with Crippen LogP contribution in [0.4, 0.5) is 5.82 Å². The Morgan fingerprint density at radius 3 is 3.00 bits per heavy atom. The monoisotopic (exact) mass is 262 g/mol. The number of nitrogens with one attached hydrogen (secondary N) is 1. The van der Waals surface area contributed by atoms with E-state index in [4.69, 9.17) is 10.3 Å². The number of nitrogens with two attached hydrogens (primary N) is 1. The summed E-state index contributed by atoms with van der Waals surface area (Å²) in [6.07, 6.45) is 0.553. The Morgan fingerprint density at radius 1 is 1.44 bits per heavy atom. The molecule has 0 fully saturated rings. The van der Waals surface area contributed by atoms with Crippen LogP contribution in [0.25, 0.3) is 11.6 Å². The highest BCUT2D eigenvalue weighted by atomic mass is 32.1. The first kappa shape index (κ1) is 10.9. The number of rotatable bonds is 3. The van der Waals surface area contributed by atoms with Crippen molar-refractivity contribution >= 4 is 17.2 Å². The van der Waals surface area contributed by atoms with Gasteiger partial charge in [-0.1, -0.05) is 5.16 Å². The highest BCUT2D eigenvalue weighted by Gasteiger charge is 2.12. The molecule has 92 valence electrons. The van der Waals surface area contributed by atoms with Crippen LogP contribution in [0.1, 0.15) is 16.5 Å². The van der Waals surface area contributed by atoms with Crippen LogP contribution in [-0.2, 0) is 6.42 Å². The third kappa shape index (κ3) is 2.09. The van der Waals surface area contributed by atoms with E-state index in [-0.39, 0.29) is 0 Å². The van der Waals surface area contributed by atoms with Crippen molar-refractivity contribution in [1.82, 2.24) is 25.3 Å². The van der Waals surface area contributed by atoms with Crippen LogP contribution in [0.3, 0.4) is 0 Å². The van der Waals surface area contributed by atoms with E-state index >= 15 is 0 Å². The fraction of sp³-hybridized carbons (Fsp3) is 0.200. The van der Waals surface area contributed by atoms with Crippen molar-refractivity contribution in [2.45, 2.75) is 13.3 Å². The maximum atomic E-state index is 5.51. The Morgan fingerprint density at radius 2 is 2.33 bits per heavy atom. The number of aryl methyl sites for hydroxylation is 1. The molecule has 3 aromatic heterocycles. The van der Waals surface area contributed by atoms with E-state index < -0.39 is 0 Å². The quantitative estimate of drug-likeness (QED) is 0.738. The zero-order valence-corrected chi connectivity index (χ0v) is 10.4. The second-order valence-electron chi connectivity index (χ2n) is 3.76. The van der Waals surface area contributed by atoms with Crippen molar-refractivity contribution in [2.75, 3.05) is 5.73 Å². The van der Waals surface area contributed by atoms with Crippen molar-refractivity contribution in [3.63, 3.8) is 0 Å². The number of anilines is 1. The van der Waals surface area contributed by atoms with Crippen molar-refractivity contribution < 1.29 is 4.52 Å². The first-order chi connectivity index (χ1) is 8.70. The van der Waals surface area contributed by atoms with Gasteiger partial charge in [0, 0.05) is 11.4 Å². The Hall–Kier alpha value is -2.22. The molecule has 18 heavy (non-hydrogen) atoms. The standard InChI is InChI=1S/C10H10N6OS/c1-5-12-6(4-18-5)2-9-13-10(17-16-9)7-3-8(11)15-14-7/h3-4H,2H2,1H3,(H3,11,14,15). The van der Waals surface area contributed by atoms with E-state index in [2.05, 4.69) is 25.3 Å². The van der Waals surface area contributed by atoms with Gasteiger partial charge in [0.2, 0.25) is 0 Å². The van der Waals surface area contributed by atoms with E-state index in [0.717, 1.165) is 10.7 Å². The molecule has 8 heteroatoms. The molecule has 3 N–H and O–H groups in total. The van der Waals surface area contributed by atoms with Crippen LogP contribution in [0, 0.1) is 6.92 Å². The largest absolute Gasteiger partial charge is 0.382 e. The van der Waals surface area contributed by atoms with Crippen LogP contribution in [0.15, 0.2) is 16.0 Å². The van der Waals surface area contributed by atoms with Crippen molar-refractivity contribution in [3.8, 4) is 11.6 Å². The van der Waals surface area contributed by atoms with Gasteiger partial charge >= 0.3 is 0 Å². The fourth-order valence-electron chi connectivity index (χ4n) is 1.53. The van der Waals surface area contributed by atoms with Gasteiger partial charge in [-0.25, -0.2) is 4.98 Å². The molecule has 3 aromatic rings. The third-order valence-electron chi connectivity index (χ3n) is 2.30. The predicted molar refractivity (Wildman–Crippen MR) is 65.9 cm³/mol. The minimum absolute atomic E-state index is 0.376. The van der Waals surface area contributed by atoms with Gasteiger partial charge in [-0.2, -0.15) is 10.1 Å². The third-order valence-corrected chi connectivity index (χ3v) is 3.12. The van der Waals surface area contributed by atoms with Crippen molar-refractivity contribution in [3.05, 3.63) is 28.0 Å². The summed E-state index contributed by atoms with van der Waals surface area (Å²) in [5.41, 5.74) is 7.06. The topological polar surface area (TPSA) is 107 Å². The molecule has 0 aliphatic heterocycles. The molecule has 0 amide bonds. The van der Waals surface area contributed by atoms with Gasteiger partial charge in [0.05, 0.1) is 17.1 Å². The number of thiazole rings is 1. The van der Waals surface area contributed by atoms with Gasteiger partial charge < -0.3 is 10.3 Å². The number of aromatic nitrogens is 5. The molecular formula is C10H10N6OS. The predicted octanol–water partition coefficient (Wildman–Crippen LogP) is 1.40. The number of nitrogen functional groups attached to an aromatic ring is 1. The number of hydrogen-bond donors (Lipinski definition) is 2. The summed E-state index contributed by atoms with van der Waals surface area (Å²) in [6.45, 7) is 1.96. The van der Waals surface area contributed by atoms with Crippen molar-refractivity contribution in [1.29, 1.82) is 0 Å². The number of aromatic amines is 1. The second kappa shape index (κ2) is 4.22. The van der Waals surface area contributed by atoms with Gasteiger partial charge in [0.25, 0.3) is 5.89 Å². The molecule has 0 aliphatic carbocycles. The molecular weight excluding hydrogens is 252 g/mol.